The number of rotatable bonds is 4. The molecule has 1 unspecified atom stereocenters. The summed E-state index contributed by atoms with van der Waals surface area (Å²) in [6.45, 7) is 0. The number of hydrogen-bond acceptors (Lipinski definition) is 0. The number of benzene rings is 3. The van der Waals surface area contributed by atoms with Crippen LogP contribution in [0.25, 0.3) is 0 Å². The summed E-state index contributed by atoms with van der Waals surface area (Å²) >= 11 is -3.12. The number of allylic oxidation sites excluding steroid dienone is 2. The van der Waals surface area contributed by atoms with E-state index in [0.717, 1.165) is 0 Å². The minimum absolute atomic E-state index is 0.676. The van der Waals surface area contributed by atoms with Crippen LogP contribution in [-0.2, 0) is 0 Å². The maximum absolute atomic E-state index is 3.12. The van der Waals surface area contributed by atoms with Crippen LogP contribution in [0, 0.1) is 0 Å². The minimum atomic E-state index is -3.12. The summed E-state index contributed by atoms with van der Waals surface area (Å²) < 4.78 is 5.44. The first-order valence-electron chi connectivity index (χ1n) is 9.25. The van der Waals surface area contributed by atoms with Gasteiger partial charge in [-0.05, 0) is 0 Å². The first-order valence-corrected chi connectivity index (χ1v) is 15.2. The average molecular weight is 431 g/mol. The molecule has 0 spiro atoms. The van der Waals surface area contributed by atoms with Crippen LogP contribution in [0.2, 0.25) is 3.93 Å². The van der Waals surface area contributed by atoms with E-state index < -0.39 is 18.4 Å². The Kier molecular flexibility index (Phi) is 5.07. The summed E-state index contributed by atoms with van der Waals surface area (Å²) in [5.41, 5.74) is 0. The standard InChI is InChI=1S/C6H9.3C6H5.Sn/c4*1-2-4-6-5-3-1;/h1-3H,4-6H2;3*1-5H;. The predicted octanol–water partition coefficient (Wildman–Crippen LogP) is 4.27. The molecule has 1 aliphatic carbocycles. The van der Waals surface area contributed by atoms with Crippen LogP contribution in [0.4, 0.5) is 0 Å². The van der Waals surface area contributed by atoms with Gasteiger partial charge in [-0.3, -0.25) is 0 Å². The molecule has 0 heterocycles. The molecular weight excluding hydrogens is 407 g/mol. The molecule has 0 aromatic heterocycles. The van der Waals surface area contributed by atoms with Gasteiger partial charge in [-0.15, -0.1) is 0 Å². The fourth-order valence-electron chi connectivity index (χ4n) is 4.42. The Balaban J connectivity index is 2.04. The molecule has 3 aromatic rings. The van der Waals surface area contributed by atoms with Gasteiger partial charge in [-0.25, -0.2) is 0 Å². The molecule has 0 fully saturated rings. The van der Waals surface area contributed by atoms with E-state index in [-0.39, 0.29) is 0 Å². The van der Waals surface area contributed by atoms with E-state index in [4.69, 9.17) is 0 Å². The monoisotopic (exact) mass is 432 g/mol. The van der Waals surface area contributed by atoms with E-state index in [2.05, 4.69) is 103 Å². The first kappa shape index (κ1) is 16.7. The van der Waals surface area contributed by atoms with Crippen LogP contribution in [0.5, 0.6) is 0 Å². The van der Waals surface area contributed by atoms with Gasteiger partial charge in [0.25, 0.3) is 0 Å². The van der Waals surface area contributed by atoms with E-state index in [0.29, 0.717) is 3.93 Å². The third-order valence-corrected chi connectivity index (χ3v) is 20.7. The van der Waals surface area contributed by atoms with Crippen molar-refractivity contribution in [1.82, 2.24) is 0 Å². The van der Waals surface area contributed by atoms with Gasteiger partial charge in [0, 0.05) is 0 Å². The Labute approximate surface area is 155 Å². The zero-order valence-corrected chi connectivity index (χ0v) is 17.4. The van der Waals surface area contributed by atoms with Crippen molar-refractivity contribution in [3.8, 4) is 0 Å². The van der Waals surface area contributed by atoms with Crippen LogP contribution >= 0.6 is 0 Å². The van der Waals surface area contributed by atoms with Crippen molar-refractivity contribution in [2.45, 2.75) is 23.2 Å². The van der Waals surface area contributed by atoms with Crippen LogP contribution in [0.3, 0.4) is 0 Å². The van der Waals surface area contributed by atoms with Crippen molar-refractivity contribution in [3.05, 3.63) is 103 Å². The topological polar surface area (TPSA) is 0 Å². The summed E-state index contributed by atoms with van der Waals surface area (Å²) in [6, 6.07) is 34.1. The Hall–Kier alpha value is -1.80. The first-order chi connectivity index (χ1) is 12.4. The zero-order chi connectivity index (χ0) is 17.0. The predicted molar refractivity (Wildman–Crippen MR) is 111 cm³/mol. The van der Waals surface area contributed by atoms with Gasteiger partial charge in [0.1, 0.15) is 0 Å². The van der Waals surface area contributed by atoms with Crippen LogP contribution in [0.15, 0.2) is 103 Å². The molecule has 1 aliphatic rings. The van der Waals surface area contributed by atoms with Crippen LogP contribution in [0.1, 0.15) is 19.3 Å². The Morgan fingerprint density at radius 1 is 0.600 bits per heavy atom. The Morgan fingerprint density at radius 3 is 1.40 bits per heavy atom. The van der Waals surface area contributed by atoms with Crippen molar-refractivity contribution in [3.63, 3.8) is 0 Å². The Morgan fingerprint density at radius 2 is 1.04 bits per heavy atom. The fourth-order valence-corrected chi connectivity index (χ4v) is 20.1. The molecule has 0 saturated carbocycles. The Bertz CT molecular complexity index is 725. The molecule has 1 atom stereocenters. The molecule has 124 valence electrons. The molecule has 1 heteroatoms. The summed E-state index contributed by atoms with van der Waals surface area (Å²) in [5.74, 6) is 0. The van der Waals surface area contributed by atoms with Crippen molar-refractivity contribution in [1.29, 1.82) is 0 Å². The van der Waals surface area contributed by atoms with Crippen LogP contribution in [-0.4, -0.2) is 18.4 Å². The molecule has 0 aliphatic heterocycles. The fraction of sp³-hybridized carbons (Fsp3) is 0.167. The SMILES string of the molecule is C1=C[CH]([Sn]([c]2ccccc2)([c]2ccccc2)[c]2ccccc2)CCC1. The van der Waals surface area contributed by atoms with Crippen molar-refractivity contribution < 1.29 is 0 Å². The molecule has 0 saturated heterocycles. The van der Waals surface area contributed by atoms with Gasteiger partial charge in [0.15, 0.2) is 0 Å². The molecule has 4 rings (SSSR count). The molecule has 0 nitrogen and oxygen atoms in total. The second kappa shape index (κ2) is 7.61. The summed E-state index contributed by atoms with van der Waals surface area (Å²) in [5, 5.41) is 0. The van der Waals surface area contributed by atoms with Gasteiger partial charge in [0.2, 0.25) is 0 Å². The molecule has 0 amide bonds. The van der Waals surface area contributed by atoms with Crippen LogP contribution < -0.4 is 10.7 Å². The quantitative estimate of drug-likeness (QED) is 0.428. The third-order valence-electron chi connectivity index (χ3n) is 5.50. The second-order valence-electron chi connectivity index (χ2n) is 6.87. The van der Waals surface area contributed by atoms with E-state index >= 15 is 0 Å². The molecule has 0 N–H and O–H groups in total. The summed E-state index contributed by atoms with van der Waals surface area (Å²) in [7, 11) is 0. The molecule has 0 radical (unpaired) electrons. The third kappa shape index (κ3) is 3.08. The molecule has 3 aromatic carbocycles. The molecule has 0 bridgehead atoms. The van der Waals surface area contributed by atoms with Crippen molar-refractivity contribution in [2.75, 3.05) is 0 Å². The summed E-state index contributed by atoms with van der Waals surface area (Å²) in [6.07, 6.45) is 8.83. The van der Waals surface area contributed by atoms with Gasteiger partial charge in [0.05, 0.1) is 0 Å². The van der Waals surface area contributed by atoms with Crippen molar-refractivity contribution >= 4 is 29.1 Å². The van der Waals surface area contributed by atoms with E-state index in [1.165, 1.54) is 19.3 Å². The average Bonchev–Trinajstić information content (AvgIpc) is 2.72. The van der Waals surface area contributed by atoms with Gasteiger partial charge in [-0.1, -0.05) is 0 Å². The van der Waals surface area contributed by atoms with E-state index in [9.17, 15) is 0 Å². The van der Waals surface area contributed by atoms with Gasteiger partial charge < -0.3 is 0 Å². The van der Waals surface area contributed by atoms with Gasteiger partial charge in [-0.2, -0.15) is 0 Å². The molecule has 25 heavy (non-hydrogen) atoms. The molecular formula is C24H24Sn. The van der Waals surface area contributed by atoms with E-state index in [1.807, 2.05) is 0 Å². The maximum atomic E-state index is 2.55. The van der Waals surface area contributed by atoms with Gasteiger partial charge >= 0.3 is 155 Å². The normalized spacial score (nSPS) is 17.4. The van der Waals surface area contributed by atoms with Crippen molar-refractivity contribution in [2.24, 2.45) is 0 Å². The second-order valence-corrected chi connectivity index (χ2v) is 18.5. The van der Waals surface area contributed by atoms with E-state index in [1.54, 1.807) is 10.7 Å². The zero-order valence-electron chi connectivity index (χ0n) is 14.5. The number of hydrogen-bond donors (Lipinski definition) is 0. The summed E-state index contributed by atoms with van der Waals surface area (Å²) in [4.78, 5) is 0.